The Morgan fingerprint density at radius 1 is 1.09 bits per heavy atom. The molecule has 1 rings (SSSR count). The topological polar surface area (TPSA) is 116 Å². The number of carbonyl (C=O) groups excluding carboxylic acids is 4. The zero-order chi connectivity index (χ0) is 17.2. The molecule has 0 atom stereocenters. The number of nitrogens with one attached hydrogen (secondary N) is 1. The summed E-state index contributed by atoms with van der Waals surface area (Å²) in [5, 5.41) is 1.76. The average molecular weight is 320 g/mol. The molecule has 3 N–H and O–H groups in total. The number of carbonyl (C=O) groups is 4. The largest absolute Gasteiger partial charge is 0.456 e. The van der Waals surface area contributed by atoms with E-state index in [9.17, 15) is 19.2 Å². The molecule has 0 unspecified atom stereocenters. The summed E-state index contributed by atoms with van der Waals surface area (Å²) in [7, 11) is 0. The number of ether oxygens (including phenoxy) is 1. The van der Waals surface area contributed by atoms with E-state index in [1.54, 1.807) is 17.4 Å². The van der Waals surface area contributed by atoms with Crippen molar-refractivity contribution in [2.24, 2.45) is 5.73 Å². The summed E-state index contributed by atoms with van der Waals surface area (Å²) in [6, 6.07) is 6.23. The summed E-state index contributed by atoms with van der Waals surface area (Å²) in [6.07, 6.45) is 1.83. The molecule has 124 valence electrons. The van der Waals surface area contributed by atoms with Gasteiger partial charge in [0.15, 0.2) is 12.4 Å². The number of rotatable bonds is 8. The van der Waals surface area contributed by atoms with Crippen molar-refractivity contribution in [1.29, 1.82) is 0 Å². The molecule has 0 radical (unpaired) electrons. The molecule has 23 heavy (non-hydrogen) atoms. The summed E-state index contributed by atoms with van der Waals surface area (Å²) in [6.45, 7) is 1.47. The molecular formula is C16H20N2O5. The Morgan fingerprint density at radius 2 is 1.74 bits per heavy atom. The third kappa shape index (κ3) is 7.21. The van der Waals surface area contributed by atoms with Gasteiger partial charge < -0.3 is 10.5 Å². The SMILES string of the molecule is CCCc1ccc(C(=O)CCC(=O)OCC(=O)NC(N)=O)cc1. The second-order valence-electron chi connectivity index (χ2n) is 4.94. The Bertz CT molecular complexity index is 581. The zero-order valence-electron chi connectivity index (χ0n) is 13.0. The molecule has 0 aromatic heterocycles. The smallest absolute Gasteiger partial charge is 0.318 e. The highest BCUT2D eigenvalue weighted by molar-refractivity contribution is 5.98. The van der Waals surface area contributed by atoms with Crippen LogP contribution in [0.4, 0.5) is 4.79 Å². The molecule has 0 aliphatic carbocycles. The van der Waals surface area contributed by atoms with Gasteiger partial charge in [0.1, 0.15) is 0 Å². The van der Waals surface area contributed by atoms with Crippen LogP contribution in [0.25, 0.3) is 0 Å². The van der Waals surface area contributed by atoms with Crippen LogP contribution in [0.2, 0.25) is 0 Å². The second kappa shape index (κ2) is 9.34. The molecule has 3 amide bonds. The highest BCUT2D eigenvalue weighted by Crippen LogP contribution is 2.10. The highest BCUT2D eigenvalue weighted by atomic mass is 16.5. The predicted molar refractivity (Wildman–Crippen MR) is 82.7 cm³/mol. The number of nitrogens with two attached hydrogens (primary N) is 1. The minimum atomic E-state index is -1.02. The number of aryl methyl sites for hydroxylation is 1. The molecule has 0 aliphatic heterocycles. The van der Waals surface area contributed by atoms with Gasteiger partial charge in [-0.2, -0.15) is 0 Å². The number of Topliss-reactive ketones (excluding diaryl/α,β-unsaturated/α-hetero) is 1. The van der Waals surface area contributed by atoms with Crippen LogP contribution in [0.3, 0.4) is 0 Å². The van der Waals surface area contributed by atoms with Crippen molar-refractivity contribution in [3.63, 3.8) is 0 Å². The number of hydrogen-bond acceptors (Lipinski definition) is 5. The third-order valence-electron chi connectivity index (χ3n) is 3.00. The molecule has 0 heterocycles. The van der Waals surface area contributed by atoms with Gasteiger partial charge in [-0.1, -0.05) is 37.6 Å². The van der Waals surface area contributed by atoms with Crippen molar-refractivity contribution < 1.29 is 23.9 Å². The fourth-order valence-electron chi connectivity index (χ4n) is 1.90. The lowest BCUT2D eigenvalue weighted by atomic mass is 10.0. The lowest BCUT2D eigenvalue weighted by Crippen LogP contribution is -2.37. The number of urea groups is 1. The third-order valence-corrected chi connectivity index (χ3v) is 3.00. The summed E-state index contributed by atoms with van der Waals surface area (Å²) in [4.78, 5) is 44.8. The first-order valence-electron chi connectivity index (χ1n) is 7.29. The van der Waals surface area contributed by atoms with E-state index in [2.05, 4.69) is 11.7 Å². The van der Waals surface area contributed by atoms with Crippen molar-refractivity contribution in [3.05, 3.63) is 35.4 Å². The van der Waals surface area contributed by atoms with E-state index in [0.29, 0.717) is 5.56 Å². The summed E-state index contributed by atoms with van der Waals surface area (Å²) in [5.41, 5.74) is 6.42. The summed E-state index contributed by atoms with van der Waals surface area (Å²) in [5.74, 6) is -1.68. The molecule has 7 heteroatoms. The van der Waals surface area contributed by atoms with E-state index in [-0.39, 0.29) is 18.6 Å². The van der Waals surface area contributed by atoms with E-state index in [4.69, 9.17) is 5.73 Å². The van der Waals surface area contributed by atoms with Crippen LogP contribution in [0.5, 0.6) is 0 Å². The van der Waals surface area contributed by atoms with Crippen LogP contribution in [-0.2, 0) is 20.7 Å². The van der Waals surface area contributed by atoms with Gasteiger partial charge in [-0.15, -0.1) is 0 Å². The molecule has 0 bridgehead atoms. The standard InChI is InChI=1S/C16H20N2O5/c1-2-3-11-4-6-12(7-5-11)13(19)8-9-15(21)23-10-14(20)18-16(17)22/h4-7H,2-3,8-10H2,1H3,(H3,17,18,20,22). The molecular weight excluding hydrogens is 300 g/mol. The van der Waals surface area contributed by atoms with Gasteiger partial charge in [0.25, 0.3) is 5.91 Å². The number of esters is 1. The quantitative estimate of drug-likeness (QED) is 0.554. The number of ketones is 1. The van der Waals surface area contributed by atoms with Crippen molar-refractivity contribution >= 4 is 23.7 Å². The molecule has 0 aliphatic rings. The number of imide groups is 1. The number of amides is 3. The van der Waals surface area contributed by atoms with Gasteiger partial charge >= 0.3 is 12.0 Å². The van der Waals surface area contributed by atoms with Crippen LogP contribution in [0.15, 0.2) is 24.3 Å². The maximum atomic E-state index is 12.0. The molecule has 7 nitrogen and oxygen atoms in total. The first-order chi connectivity index (χ1) is 10.9. The molecule has 0 saturated heterocycles. The maximum Gasteiger partial charge on any atom is 0.318 e. The Balaban J connectivity index is 2.36. The van der Waals surface area contributed by atoms with Gasteiger partial charge in [-0.05, 0) is 12.0 Å². The van der Waals surface area contributed by atoms with Gasteiger partial charge in [0, 0.05) is 12.0 Å². The lowest BCUT2D eigenvalue weighted by Gasteiger charge is -2.05. The maximum absolute atomic E-state index is 12.0. The fourth-order valence-corrected chi connectivity index (χ4v) is 1.90. The predicted octanol–water partition coefficient (Wildman–Crippen LogP) is 1.34. The van der Waals surface area contributed by atoms with E-state index >= 15 is 0 Å². The van der Waals surface area contributed by atoms with Crippen molar-refractivity contribution in [1.82, 2.24) is 5.32 Å². The Hall–Kier alpha value is -2.70. The van der Waals surface area contributed by atoms with Gasteiger partial charge in [-0.3, -0.25) is 19.7 Å². The molecule has 0 saturated carbocycles. The number of benzene rings is 1. The Kier molecular flexibility index (Phi) is 7.45. The van der Waals surface area contributed by atoms with E-state index < -0.39 is 24.5 Å². The molecule has 0 fully saturated rings. The first-order valence-corrected chi connectivity index (χ1v) is 7.29. The normalized spacial score (nSPS) is 9.96. The average Bonchev–Trinajstić information content (AvgIpc) is 2.51. The van der Waals surface area contributed by atoms with Crippen LogP contribution >= 0.6 is 0 Å². The zero-order valence-corrected chi connectivity index (χ0v) is 13.0. The van der Waals surface area contributed by atoms with Crippen LogP contribution in [0.1, 0.15) is 42.1 Å². The Labute approximate surface area is 134 Å². The summed E-state index contributed by atoms with van der Waals surface area (Å²) < 4.78 is 4.63. The second-order valence-corrected chi connectivity index (χ2v) is 4.94. The van der Waals surface area contributed by atoms with E-state index in [1.807, 2.05) is 12.1 Å². The highest BCUT2D eigenvalue weighted by Gasteiger charge is 2.12. The Morgan fingerprint density at radius 3 is 2.30 bits per heavy atom. The van der Waals surface area contributed by atoms with Gasteiger partial charge in [0.05, 0.1) is 6.42 Å². The van der Waals surface area contributed by atoms with Crippen LogP contribution in [0, 0.1) is 0 Å². The van der Waals surface area contributed by atoms with Crippen LogP contribution in [-0.4, -0.2) is 30.3 Å². The van der Waals surface area contributed by atoms with Gasteiger partial charge in [-0.25, -0.2) is 4.79 Å². The monoisotopic (exact) mass is 320 g/mol. The number of primary amides is 1. The van der Waals surface area contributed by atoms with E-state index in [0.717, 1.165) is 18.4 Å². The fraction of sp³-hybridized carbons (Fsp3) is 0.375. The minimum Gasteiger partial charge on any atom is -0.456 e. The summed E-state index contributed by atoms with van der Waals surface area (Å²) >= 11 is 0. The number of hydrogen-bond donors (Lipinski definition) is 2. The molecule has 0 spiro atoms. The lowest BCUT2D eigenvalue weighted by molar-refractivity contribution is -0.148. The van der Waals surface area contributed by atoms with E-state index in [1.165, 1.54) is 0 Å². The van der Waals surface area contributed by atoms with Crippen molar-refractivity contribution in [2.45, 2.75) is 32.6 Å². The molecule has 1 aromatic carbocycles. The van der Waals surface area contributed by atoms with Gasteiger partial charge in [0.2, 0.25) is 0 Å². The first kappa shape index (κ1) is 18.3. The van der Waals surface area contributed by atoms with Crippen LogP contribution < -0.4 is 11.1 Å². The van der Waals surface area contributed by atoms with Crippen molar-refractivity contribution in [3.8, 4) is 0 Å². The van der Waals surface area contributed by atoms with Crippen molar-refractivity contribution in [2.75, 3.05) is 6.61 Å². The minimum absolute atomic E-state index is 0.0105. The molecule has 1 aromatic rings.